The minimum atomic E-state index is -1.41. The van der Waals surface area contributed by atoms with Gasteiger partial charge in [-0.1, -0.05) is 0 Å². The standard InChI is InChI=1S/C6H6N2O3/c1-4-2-7-5(8-3-4)11-6(9)10/h2-3H,1H3,(H,9,10). The summed E-state index contributed by atoms with van der Waals surface area (Å²) >= 11 is 0. The Morgan fingerprint density at radius 2 is 2.09 bits per heavy atom. The van der Waals surface area contributed by atoms with Crippen LogP contribution < -0.4 is 4.74 Å². The molecular formula is C6H6N2O3. The number of carboxylic acid groups (broad SMARTS) is 1. The fourth-order valence-corrected chi connectivity index (χ4v) is 0.512. The smallest absolute Gasteiger partial charge is 0.449 e. The molecule has 0 saturated carbocycles. The lowest BCUT2D eigenvalue weighted by atomic mass is 10.4. The summed E-state index contributed by atoms with van der Waals surface area (Å²) < 4.78 is 4.16. The molecule has 0 bridgehead atoms. The maximum Gasteiger partial charge on any atom is 0.513 e. The second-order valence-electron chi connectivity index (χ2n) is 1.91. The van der Waals surface area contributed by atoms with E-state index in [0.29, 0.717) is 0 Å². The average molecular weight is 154 g/mol. The van der Waals surface area contributed by atoms with Crippen molar-refractivity contribution in [3.05, 3.63) is 18.0 Å². The first kappa shape index (κ1) is 7.46. The Hall–Kier alpha value is -1.65. The van der Waals surface area contributed by atoms with E-state index < -0.39 is 6.16 Å². The third-order valence-electron chi connectivity index (χ3n) is 0.936. The van der Waals surface area contributed by atoms with Gasteiger partial charge in [0.1, 0.15) is 0 Å². The van der Waals surface area contributed by atoms with Gasteiger partial charge in [-0.3, -0.25) is 0 Å². The third-order valence-corrected chi connectivity index (χ3v) is 0.936. The molecule has 1 aromatic heterocycles. The predicted octanol–water partition coefficient (Wildman–Crippen LogP) is 0.842. The van der Waals surface area contributed by atoms with Crippen LogP contribution in [0.2, 0.25) is 0 Å². The predicted molar refractivity (Wildman–Crippen MR) is 35.4 cm³/mol. The second-order valence-corrected chi connectivity index (χ2v) is 1.91. The fraction of sp³-hybridized carbons (Fsp3) is 0.167. The van der Waals surface area contributed by atoms with Crippen molar-refractivity contribution >= 4 is 6.16 Å². The Bertz CT molecular complexity index is 257. The highest BCUT2D eigenvalue weighted by Gasteiger charge is 2.01. The van der Waals surface area contributed by atoms with E-state index in [2.05, 4.69) is 14.7 Å². The van der Waals surface area contributed by atoms with E-state index in [-0.39, 0.29) is 6.01 Å². The molecule has 0 unspecified atom stereocenters. The van der Waals surface area contributed by atoms with Crippen molar-refractivity contribution in [3.8, 4) is 6.01 Å². The van der Waals surface area contributed by atoms with Crippen molar-refractivity contribution < 1.29 is 14.6 Å². The van der Waals surface area contributed by atoms with Crippen LogP contribution in [-0.4, -0.2) is 21.2 Å². The van der Waals surface area contributed by atoms with Gasteiger partial charge < -0.3 is 9.84 Å². The summed E-state index contributed by atoms with van der Waals surface area (Å²) in [5.74, 6) is 0. The van der Waals surface area contributed by atoms with Gasteiger partial charge in [-0.2, -0.15) is 0 Å². The summed E-state index contributed by atoms with van der Waals surface area (Å²) in [6.45, 7) is 1.80. The van der Waals surface area contributed by atoms with E-state index in [4.69, 9.17) is 5.11 Å². The van der Waals surface area contributed by atoms with Crippen molar-refractivity contribution in [2.75, 3.05) is 0 Å². The molecule has 0 aliphatic rings. The quantitative estimate of drug-likeness (QED) is 0.607. The highest BCUT2D eigenvalue weighted by atomic mass is 16.7. The molecule has 0 aliphatic heterocycles. The highest BCUT2D eigenvalue weighted by Crippen LogP contribution is 2.00. The van der Waals surface area contributed by atoms with Crippen LogP contribution in [0.25, 0.3) is 0 Å². The summed E-state index contributed by atoms with van der Waals surface area (Å²) in [6, 6.07) is -0.150. The third kappa shape index (κ3) is 2.21. The van der Waals surface area contributed by atoms with Crippen molar-refractivity contribution in [1.29, 1.82) is 0 Å². The SMILES string of the molecule is Cc1cnc(OC(=O)O)nc1. The molecule has 0 fully saturated rings. The Balaban J connectivity index is 2.74. The van der Waals surface area contributed by atoms with E-state index in [1.807, 2.05) is 0 Å². The van der Waals surface area contributed by atoms with Gasteiger partial charge in [-0.05, 0) is 12.5 Å². The van der Waals surface area contributed by atoms with Crippen LogP contribution in [0.15, 0.2) is 12.4 Å². The zero-order valence-corrected chi connectivity index (χ0v) is 5.81. The molecule has 0 saturated heterocycles. The Morgan fingerprint density at radius 1 is 1.55 bits per heavy atom. The molecule has 1 rings (SSSR count). The first-order chi connectivity index (χ1) is 5.18. The molecule has 1 heterocycles. The van der Waals surface area contributed by atoms with Crippen molar-refractivity contribution in [2.24, 2.45) is 0 Å². The lowest BCUT2D eigenvalue weighted by molar-refractivity contribution is 0.140. The maximum absolute atomic E-state index is 9.95. The topological polar surface area (TPSA) is 72.3 Å². The first-order valence-corrected chi connectivity index (χ1v) is 2.88. The molecular weight excluding hydrogens is 148 g/mol. The zero-order chi connectivity index (χ0) is 8.27. The van der Waals surface area contributed by atoms with Gasteiger partial charge in [0.25, 0.3) is 0 Å². The van der Waals surface area contributed by atoms with E-state index in [9.17, 15) is 4.79 Å². The van der Waals surface area contributed by atoms with E-state index >= 15 is 0 Å². The van der Waals surface area contributed by atoms with E-state index in [0.717, 1.165) is 5.56 Å². The molecule has 0 aromatic carbocycles. The maximum atomic E-state index is 9.95. The summed E-state index contributed by atoms with van der Waals surface area (Å²) in [6.07, 6.45) is 1.55. The van der Waals surface area contributed by atoms with Gasteiger partial charge in [-0.15, -0.1) is 0 Å². The van der Waals surface area contributed by atoms with E-state index in [1.165, 1.54) is 12.4 Å². The van der Waals surface area contributed by atoms with Crippen LogP contribution in [0, 0.1) is 6.92 Å². The van der Waals surface area contributed by atoms with Gasteiger partial charge >= 0.3 is 12.2 Å². The molecule has 1 aromatic rings. The van der Waals surface area contributed by atoms with Crippen molar-refractivity contribution in [2.45, 2.75) is 6.92 Å². The molecule has 11 heavy (non-hydrogen) atoms. The van der Waals surface area contributed by atoms with Gasteiger partial charge in [0.05, 0.1) is 0 Å². The average Bonchev–Trinajstić information content (AvgIpc) is 1.93. The van der Waals surface area contributed by atoms with Gasteiger partial charge in [0.15, 0.2) is 0 Å². The lowest BCUT2D eigenvalue weighted by Gasteiger charge is -1.95. The molecule has 5 heteroatoms. The fourth-order valence-electron chi connectivity index (χ4n) is 0.512. The van der Waals surface area contributed by atoms with Crippen LogP contribution in [0.5, 0.6) is 6.01 Å². The van der Waals surface area contributed by atoms with Gasteiger partial charge in [-0.25, -0.2) is 14.8 Å². The molecule has 0 radical (unpaired) electrons. The minimum Gasteiger partial charge on any atom is -0.449 e. The van der Waals surface area contributed by atoms with E-state index in [1.54, 1.807) is 6.92 Å². The monoisotopic (exact) mass is 154 g/mol. The number of carbonyl (C=O) groups is 1. The Morgan fingerprint density at radius 3 is 2.55 bits per heavy atom. The lowest BCUT2D eigenvalue weighted by Crippen LogP contribution is -2.05. The molecule has 1 N–H and O–H groups in total. The highest BCUT2D eigenvalue weighted by molar-refractivity contribution is 5.59. The molecule has 58 valence electrons. The number of hydrogen-bond acceptors (Lipinski definition) is 4. The molecule has 0 aliphatic carbocycles. The largest absolute Gasteiger partial charge is 0.513 e. The van der Waals surface area contributed by atoms with Crippen molar-refractivity contribution in [1.82, 2.24) is 9.97 Å². The number of aryl methyl sites for hydroxylation is 1. The molecule has 0 atom stereocenters. The Kier molecular flexibility index (Phi) is 2.00. The number of hydrogen-bond donors (Lipinski definition) is 1. The molecule has 0 amide bonds. The first-order valence-electron chi connectivity index (χ1n) is 2.88. The molecule has 5 nitrogen and oxygen atoms in total. The Labute approximate surface area is 62.7 Å². The van der Waals surface area contributed by atoms with Crippen molar-refractivity contribution in [3.63, 3.8) is 0 Å². The van der Waals surface area contributed by atoms with Crippen LogP contribution >= 0.6 is 0 Å². The summed E-state index contributed by atoms with van der Waals surface area (Å²) in [5, 5.41) is 8.13. The van der Waals surface area contributed by atoms with Crippen LogP contribution in [0.1, 0.15) is 5.56 Å². The van der Waals surface area contributed by atoms with Crippen LogP contribution in [0.3, 0.4) is 0 Å². The molecule has 0 spiro atoms. The van der Waals surface area contributed by atoms with Gasteiger partial charge in [0.2, 0.25) is 0 Å². The summed E-state index contributed by atoms with van der Waals surface area (Å²) in [4.78, 5) is 17.2. The van der Waals surface area contributed by atoms with Gasteiger partial charge in [0, 0.05) is 12.4 Å². The minimum absolute atomic E-state index is 0.150. The zero-order valence-electron chi connectivity index (χ0n) is 5.81. The van der Waals surface area contributed by atoms with Crippen LogP contribution in [-0.2, 0) is 0 Å². The summed E-state index contributed by atoms with van der Waals surface area (Å²) in [5.41, 5.74) is 0.850. The number of rotatable bonds is 1. The number of nitrogens with zero attached hydrogens (tertiary/aromatic N) is 2. The second kappa shape index (κ2) is 2.96. The number of ether oxygens (including phenoxy) is 1. The summed E-state index contributed by atoms with van der Waals surface area (Å²) in [7, 11) is 0. The van der Waals surface area contributed by atoms with Crippen LogP contribution in [0.4, 0.5) is 4.79 Å². The number of aromatic nitrogens is 2. The normalized spacial score (nSPS) is 9.18.